The van der Waals surface area contributed by atoms with E-state index in [2.05, 4.69) is 0 Å². The normalized spacial score (nSPS) is 45.7. The molecule has 0 aromatic rings. The van der Waals surface area contributed by atoms with Crippen LogP contribution in [0.25, 0.3) is 0 Å². The van der Waals surface area contributed by atoms with E-state index < -0.39 is 5.60 Å². The Morgan fingerprint density at radius 2 is 1.85 bits per heavy atom. The van der Waals surface area contributed by atoms with E-state index in [-0.39, 0.29) is 54.0 Å². The standard InChI is InChI=1S/C19H27NO6/c1-10-8-13(25-17(10)22)12-4-5-14-19(9-11(2)18(23)26-19)15(24-3)6-7-16(21)20(12)14/h10-15H,4-9H2,1-3H3/t10-,11+,12-,13-,14-,15+,19+/m0/s1. The second kappa shape index (κ2) is 6.22. The van der Waals surface area contributed by atoms with Crippen molar-refractivity contribution in [2.45, 2.75) is 82.3 Å². The SMILES string of the molecule is CO[C@@H]1CCC(=O)N2[C@@H](CC[C@H]2[C@@H]2C[C@H](C)C(=O)O2)[C@]12C[C@@H](C)C(=O)O2. The van der Waals surface area contributed by atoms with Gasteiger partial charge in [0.2, 0.25) is 5.91 Å². The first-order valence-electron chi connectivity index (χ1n) is 9.64. The minimum absolute atomic E-state index is 0.0441. The van der Waals surface area contributed by atoms with Crippen molar-refractivity contribution < 1.29 is 28.6 Å². The van der Waals surface area contributed by atoms with Gasteiger partial charge in [-0.05, 0) is 25.7 Å². The van der Waals surface area contributed by atoms with E-state index in [9.17, 15) is 14.4 Å². The molecular weight excluding hydrogens is 338 g/mol. The minimum Gasteiger partial charge on any atom is -0.460 e. The Balaban J connectivity index is 1.68. The summed E-state index contributed by atoms with van der Waals surface area (Å²) in [5.41, 5.74) is -0.791. The molecule has 0 aromatic heterocycles. The Labute approximate surface area is 153 Å². The maximum Gasteiger partial charge on any atom is 0.309 e. The topological polar surface area (TPSA) is 82.1 Å². The Kier molecular flexibility index (Phi) is 4.25. The third-order valence-corrected chi connectivity index (χ3v) is 6.73. The first kappa shape index (κ1) is 17.8. The number of carbonyl (C=O) groups is 3. The van der Waals surface area contributed by atoms with Crippen LogP contribution in [-0.4, -0.2) is 59.7 Å². The lowest BCUT2D eigenvalue weighted by molar-refractivity contribution is -0.174. The summed E-state index contributed by atoms with van der Waals surface area (Å²) in [7, 11) is 1.62. The fraction of sp³-hybridized carbons (Fsp3) is 0.842. The summed E-state index contributed by atoms with van der Waals surface area (Å²) in [6.07, 6.45) is 3.02. The number of esters is 2. The van der Waals surface area contributed by atoms with Crippen LogP contribution in [-0.2, 0) is 28.6 Å². The summed E-state index contributed by atoms with van der Waals surface area (Å²) in [6, 6.07) is -0.348. The largest absolute Gasteiger partial charge is 0.460 e. The molecule has 0 radical (unpaired) electrons. The van der Waals surface area contributed by atoms with Crippen molar-refractivity contribution in [3.05, 3.63) is 0 Å². The van der Waals surface area contributed by atoms with Crippen molar-refractivity contribution in [1.82, 2.24) is 4.90 Å². The summed E-state index contributed by atoms with van der Waals surface area (Å²) >= 11 is 0. The number of cyclic esters (lactones) is 1. The summed E-state index contributed by atoms with van der Waals surface area (Å²) in [4.78, 5) is 39.0. The summed E-state index contributed by atoms with van der Waals surface area (Å²) in [5, 5.41) is 0. The van der Waals surface area contributed by atoms with Gasteiger partial charge in [-0.1, -0.05) is 13.8 Å². The molecule has 4 fully saturated rings. The van der Waals surface area contributed by atoms with Crippen LogP contribution in [0.15, 0.2) is 0 Å². The van der Waals surface area contributed by atoms with Gasteiger partial charge in [-0.3, -0.25) is 14.4 Å². The number of fused-ring (bicyclic) bond motifs is 2. The van der Waals surface area contributed by atoms with Crippen molar-refractivity contribution >= 4 is 17.8 Å². The number of hydrogen-bond donors (Lipinski definition) is 0. The van der Waals surface area contributed by atoms with Gasteiger partial charge >= 0.3 is 11.9 Å². The summed E-state index contributed by atoms with van der Waals surface area (Å²) in [5.74, 6) is -0.698. The van der Waals surface area contributed by atoms with Gasteiger partial charge in [0.15, 0.2) is 5.60 Å². The highest BCUT2D eigenvalue weighted by Gasteiger charge is 2.62. The fourth-order valence-electron chi connectivity index (χ4n) is 5.49. The molecule has 4 rings (SSSR count). The van der Waals surface area contributed by atoms with Gasteiger partial charge in [-0.15, -0.1) is 0 Å². The fourth-order valence-corrected chi connectivity index (χ4v) is 5.49. The van der Waals surface area contributed by atoms with Crippen LogP contribution in [0.2, 0.25) is 0 Å². The van der Waals surface area contributed by atoms with Crippen LogP contribution in [0.5, 0.6) is 0 Å². The number of ether oxygens (including phenoxy) is 3. The lowest BCUT2D eigenvalue weighted by Gasteiger charge is -2.42. The Hall–Kier alpha value is -1.63. The quantitative estimate of drug-likeness (QED) is 0.689. The maximum atomic E-state index is 13.0. The third kappa shape index (κ3) is 2.47. The zero-order valence-electron chi connectivity index (χ0n) is 15.6. The van der Waals surface area contributed by atoms with Crippen LogP contribution in [0.1, 0.15) is 52.4 Å². The molecule has 4 aliphatic rings. The van der Waals surface area contributed by atoms with Crippen molar-refractivity contribution in [3.63, 3.8) is 0 Å². The average Bonchev–Trinajstić information content (AvgIpc) is 3.24. The molecule has 144 valence electrons. The van der Waals surface area contributed by atoms with Crippen LogP contribution in [0, 0.1) is 11.8 Å². The van der Waals surface area contributed by atoms with Crippen LogP contribution in [0.4, 0.5) is 0 Å². The van der Waals surface area contributed by atoms with E-state index in [1.165, 1.54) is 0 Å². The smallest absolute Gasteiger partial charge is 0.309 e. The highest BCUT2D eigenvalue weighted by Crippen LogP contribution is 2.49. The molecule has 4 heterocycles. The van der Waals surface area contributed by atoms with Gasteiger partial charge < -0.3 is 19.1 Å². The number of rotatable bonds is 2. The maximum absolute atomic E-state index is 13.0. The lowest BCUT2D eigenvalue weighted by atomic mass is 9.81. The molecule has 4 aliphatic heterocycles. The molecule has 0 bridgehead atoms. The molecule has 0 aromatic carbocycles. The highest BCUT2D eigenvalue weighted by molar-refractivity contribution is 5.80. The van der Waals surface area contributed by atoms with Crippen LogP contribution >= 0.6 is 0 Å². The van der Waals surface area contributed by atoms with E-state index in [0.29, 0.717) is 25.7 Å². The van der Waals surface area contributed by atoms with Crippen molar-refractivity contribution in [1.29, 1.82) is 0 Å². The second-order valence-corrected chi connectivity index (χ2v) is 8.32. The first-order valence-corrected chi connectivity index (χ1v) is 9.64. The molecule has 7 heteroatoms. The minimum atomic E-state index is -0.791. The molecule has 0 aliphatic carbocycles. The lowest BCUT2D eigenvalue weighted by Crippen LogP contribution is -2.58. The summed E-state index contributed by atoms with van der Waals surface area (Å²) < 4.78 is 17.2. The van der Waals surface area contributed by atoms with Crippen LogP contribution in [0.3, 0.4) is 0 Å². The predicted octanol–water partition coefficient (Wildman–Crippen LogP) is 1.43. The van der Waals surface area contributed by atoms with E-state index in [1.54, 1.807) is 7.11 Å². The third-order valence-electron chi connectivity index (χ3n) is 6.73. The second-order valence-electron chi connectivity index (χ2n) is 8.32. The van der Waals surface area contributed by atoms with Crippen molar-refractivity contribution in [3.8, 4) is 0 Å². The van der Waals surface area contributed by atoms with E-state index in [0.717, 1.165) is 12.8 Å². The van der Waals surface area contributed by atoms with Crippen molar-refractivity contribution in [2.24, 2.45) is 11.8 Å². The molecule has 26 heavy (non-hydrogen) atoms. The number of nitrogens with zero attached hydrogens (tertiary/aromatic N) is 1. The van der Waals surface area contributed by atoms with E-state index >= 15 is 0 Å². The van der Waals surface area contributed by atoms with Gasteiger partial charge in [0.1, 0.15) is 6.10 Å². The Morgan fingerprint density at radius 3 is 2.42 bits per heavy atom. The Bertz CT molecular complexity index is 636. The molecule has 4 saturated heterocycles. The molecule has 0 N–H and O–H groups in total. The van der Waals surface area contributed by atoms with Gasteiger partial charge in [0, 0.05) is 20.0 Å². The zero-order chi connectivity index (χ0) is 18.6. The molecule has 7 atom stereocenters. The summed E-state index contributed by atoms with van der Waals surface area (Å²) in [6.45, 7) is 3.73. The Morgan fingerprint density at radius 1 is 1.08 bits per heavy atom. The zero-order valence-corrected chi connectivity index (χ0v) is 15.6. The van der Waals surface area contributed by atoms with E-state index in [4.69, 9.17) is 14.2 Å². The number of hydrogen-bond acceptors (Lipinski definition) is 6. The average molecular weight is 365 g/mol. The van der Waals surface area contributed by atoms with Crippen molar-refractivity contribution in [2.75, 3.05) is 7.11 Å². The first-order chi connectivity index (χ1) is 12.4. The molecule has 1 spiro atoms. The molecule has 0 saturated carbocycles. The van der Waals surface area contributed by atoms with E-state index in [1.807, 2.05) is 18.7 Å². The predicted molar refractivity (Wildman–Crippen MR) is 90.0 cm³/mol. The number of methoxy groups -OCH3 is 1. The van der Waals surface area contributed by atoms with Gasteiger partial charge in [0.05, 0.1) is 30.0 Å². The molecule has 7 nitrogen and oxygen atoms in total. The number of amides is 1. The highest BCUT2D eigenvalue weighted by atomic mass is 16.6. The molecule has 1 amide bonds. The van der Waals surface area contributed by atoms with Crippen LogP contribution < -0.4 is 0 Å². The monoisotopic (exact) mass is 365 g/mol. The molecule has 0 unspecified atom stereocenters. The van der Waals surface area contributed by atoms with Gasteiger partial charge in [0.25, 0.3) is 0 Å². The van der Waals surface area contributed by atoms with Gasteiger partial charge in [-0.25, -0.2) is 0 Å². The number of carbonyl (C=O) groups excluding carboxylic acids is 3. The molecular formula is C19H27NO6. The van der Waals surface area contributed by atoms with Gasteiger partial charge in [-0.2, -0.15) is 0 Å².